The summed E-state index contributed by atoms with van der Waals surface area (Å²) in [6, 6.07) is 10.1. The zero-order chi connectivity index (χ0) is 26.3. The van der Waals surface area contributed by atoms with E-state index in [2.05, 4.69) is 20.0 Å². The second kappa shape index (κ2) is 9.55. The van der Waals surface area contributed by atoms with Crippen LogP contribution < -0.4 is 4.74 Å². The van der Waals surface area contributed by atoms with Crippen molar-refractivity contribution in [2.24, 2.45) is 0 Å². The predicted octanol–water partition coefficient (Wildman–Crippen LogP) is 5.37. The Morgan fingerprint density at radius 3 is 2.65 bits per heavy atom. The first-order chi connectivity index (χ1) is 17.7. The summed E-state index contributed by atoms with van der Waals surface area (Å²) in [6.45, 7) is 3.14. The summed E-state index contributed by atoms with van der Waals surface area (Å²) >= 11 is 0. The van der Waals surface area contributed by atoms with E-state index in [1.807, 2.05) is 25.3 Å². The molecule has 2 N–H and O–H groups in total. The van der Waals surface area contributed by atoms with Crippen molar-refractivity contribution in [3.8, 4) is 5.75 Å². The minimum atomic E-state index is -4.61. The predicted molar refractivity (Wildman–Crippen MR) is 129 cm³/mol. The van der Waals surface area contributed by atoms with Crippen LogP contribution in [-0.2, 0) is 12.7 Å². The molecule has 0 amide bonds. The van der Waals surface area contributed by atoms with E-state index in [1.54, 1.807) is 31.4 Å². The Labute approximate surface area is 210 Å². The number of carbonyl (C=O) groups is 1. The molecular weight excluding hydrogens is 487 g/mol. The summed E-state index contributed by atoms with van der Waals surface area (Å²) in [6.07, 6.45) is -0.522. The number of nitrogens with zero attached hydrogens (tertiary/aromatic N) is 4. The Bertz CT molecular complexity index is 1430. The molecule has 0 radical (unpaired) electrons. The monoisotopic (exact) mass is 513 g/mol. The summed E-state index contributed by atoms with van der Waals surface area (Å²) in [5, 5.41) is 14.1. The molecule has 3 heterocycles. The van der Waals surface area contributed by atoms with Crippen molar-refractivity contribution in [1.82, 2.24) is 24.6 Å². The SMILES string of the molecule is COc1cc(C)c2[nH]ccc2c1CN1CCC(n2cnc(C(F)(F)F)n2)CC1c1ccc(C(=O)O)cc1. The van der Waals surface area contributed by atoms with E-state index in [0.717, 1.165) is 39.7 Å². The van der Waals surface area contributed by atoms with E-state index in [0.29, 0.717) is 25.9 Å². The summed E-state index contributed by atoms with van der Waals surface area (Å²) < 4.78 is 46.3. The van der Waals surface area contributed by atoms with Gasteiger partial charge in [-0.05, 0) is 55.2 Å². The Hall–Kier alpha value is -3.86. The van der Waals surface area contributed by atoms with Gasteiger partial charge < -0.3 is 14.8 Å². The summed E-state index contributed by atoms with van der Waals surface area (Å²) in [4.78, 5) is 20.4. The van der Waals surface area contributed by atoms with E-state index >= 15 is 0 Å². The summed E-state index contributed by atoms with van der Waals surface area (Å²) in [5.41, 5.74) is 4.14. The summed E-state index contributed by atoms with van der Waals surface area (Å²) in [5.74, 6) is -1.42. The number of halogens is 3. The normalized spacial score (nSPS) is 18.8. The zero-order valence-corrected chi connectivity index (χ0v) is 20.3. The smallest absolute Gasteiger partial charge is 0.453 e. The van der Waals surface area contributed by atoms with Gasteiger partial charge in [-0.2, -0.15) is 13.2 Å². The highest BCUT2D eigenvalue weighted by Crippen LogP contribution is 2.40. The van der Waals surface area contributed by atoms with Gasteiger partial charge in [0.15, 0.2) is 0 Å². The summed E-state index contributed by atoms with van der Waals surface area (Å²) in [7, 11) is 1.63. The number of rotatable bonds is 6. The molecule has 1 saturated heterocycles. The van der Waals surface area contributed by atoms with Crippen LogP contribution in [0.2, 0.25) is 0 Å². The van der Waals surface area contributed by atoms with Gasteiger partial charge in [-0.1, -0.05) is 12.1 Å². The van der Waals surface area contributed by atoms with Crippen LogP contribution in [0.3, 0.4) is 0 Å². The van der Waals surface area contributed by atoms with Crippen LogP contribution in [0.5, 0.6) is 5.75 Å². The third kappa shape index (κ3) is 4.78. The van der Waals surface area contributed by atoms with Crippen LogP contribution in [0.25, 0.3) is 10.9 Å². The number of aromatic amines is 1. The van der Waals surface area contributed by atoms with Crippen molar-refractivity contribution in [2.45, 2.75) is 44.6 Å². The van der Waals surface area contributed by atoms with Crippen LogP contribution in [0.4, 0.5) is 13.2 Å². The zero-order valence-electron chi connectivity index (χ0n) is 20.3. The molecule has 2 aromatic carbocycles. The fourth-order valence-electron chi connectivity index (χ4n) is 5.18. The lowest BCUT2D eigenvalue weighted by Gasteiger charge is -2.40. The fraction of sp³-hybridized carbons (Fsp3) is 0.346. The number of aromatic carboxylic acids is 1. The fourth-order valence-corrected chi connectivity index (χ4v) is 5.18. The van der Waals surface area contributed by atoms with Gasteiger partial charge in [0.2, 0.25) is 0 Å². The molecule has 2 unspecified atom stereocenters. The van der Waals surface area contributed by atoms with Crippen LogP contribution >= 0.6 is 0 Å². The maximum Gasteiger partial charge on any atom is 0.453 e. The molecule has 37 heavy (non-hydrogen) atoms. The first kappa shape index (κ1) is 24.8. The molecular formula is C26H26F3N5O3. The van der Waals surface area contributed by atoms with Gasteiger partial charge in [0.05, 0.1) is 18.7 Å². The van der Waals surface area contributed by atoms with Crippen LogP contribution in [-0.4, -0.2) is 49.4 Å². The number of alkyl halides is 3. The Morgan fingerprint density at radius 2 is 2.00 bits per heavy atom. The number of fused-ring (bicyclic) bond motifs is 1. The number of piperidine rings is 1. The van der Waals surface area contributed by atoms with E-state index in [4.69, 9.17) is 4.74 Å². The van der Waals surface area contributed by atoms with Crippen molar-refractivity contribution in [3.05, 3.63) is 77.0 Å². The number of carboxylic acids is 1. The van der Waals surface area contributed by atoms with Crippen molar-refractivity contribution in [2.75, 3.05) is 13.7 Å². The van der Waals surface area contributed by atoms with E-state index < -0.39 is 18.0 Å². The first-order valence-corrected chi connectivity index (χ1v) is 11.8. The molecule has 0 saturated carbocycles. The number of carboxylic acid groups (broad SMARTS) is 1. The lowest BCUT2D eigenvalue weighted by molar-refractivity contribution is -0.145. The minimum absolute atomic E-state index is 0.169. The van der Waals surface area contributed by atoms with Gasteiger partial charge in [0, 0.05) is 41.8 Å². The highest BCUT2D eigenvalue weighted by atomic mass is 19.4. The number of benzene rings is 2. The number of ether oxygens (including phenoxy) is 1. The van der Waals surface area contributed by atoms with E-state index in [1.165, 1.54) is 4.68 Å². The maximum atomic E-state index is 13.1. The number of hydrogen-bond acceptors (Lipinski definition) is 5. The Balaban J connectivity index is 1.50. The molecule has 1 aliphatic rings. The third-order valence-electron chi connectivity index (χ3n) is 7.06. The number of hydrogen-bond donors (Lipinski definition) is 2. The largest absolute Gasteiger partial charge is 0.496 e. The first-order valence-electron chi connectivity index (χ1n) is 11.8. The highest BCUT2D eigenvalue weighted by Gasteiger charge is 2.38. The van der Waals surface area contributed by atoms with Crippen LogP contribution in [0, 0.1) is 6.92 Å². The lowest BCUT2D eigenvalue weighted by Crippen LogP contribution is -2.37. The third-order valence-corrected chi connectivity index (χ3v) is 7.06. The molecule has 5 rings (SSSR count). The van der Waals surface area contributed by atoms with Gasteiger partial charge in [0.25, 0.3) is 5.82 Å². The average molecular weight is 514 g/mol. The molecule has 2 atom stereocenters. The Kier molecular flexibility index (Phi) is 6.40. The quantitative estimate of drug-likeness (QED) is 0.360. The molecule has 1 aliphatic heterocycles. The van der Waals surface area contributed by atoms with E-state index in [9.17, 15) is 23.1 Å². The Morgan fingerprint density at radius 1 is 1.24 bits per heavy atom. The lowest BCUT2D eigenvalue weighted by atomic mass is 9.90. The van der Waals surface area contributed by atoms with Gasteiger partial charge >= 0.3 is 12.1 Å². The standard InChI is InChI=1S/C26H26F3N5O3/c1-15-11-22(37-2)20(19-7-9-30-23(15)19)13-33-10-8-18(34-14-31-25(32-34)26(27,28)29)12-21(33)16-3-5-17(6-4-16)24(35)36/h3-7,9,11,14,18,21,30H,8,10,12-13H2,1-2H3,(H,35,36). The molecule has 0 bridgehead atoms. The van der Waals surface area contributed by atoms with Gasteiger partial charge in [0.1, 0.15) is 12.1 Å². The number of nitrogens with one attached hydrogen (secondary N) is 1. The van der Waals surface area contributed by atoms with Crippen molar-refractivity contribution in [3.63, 3.8) is 0 Å². The van der Waals surface area contributed by atoms with Gasteiger partial charge in [-0.15, -0.1) is 5.10 Å². The minimum Gasteiger partial charge on any atom is -0.496 e. The molecule has 194 valence electrons. The number of likely N-dealkylation sites (tertiary alicyclic amines) is 1. The van der Waals surface area contributed by atoms with Crippen LogP contribution in [0.1, 0.15) is 57.8 Å². The number of aromatic nitrogens is 4. The molecule has 2 aromatic heterocycles. The highest BCUT2D eigenvalue weighted by molar-refractivity contribution is 5.88. The average Bonchev–Trinajstić information content (AvgIpc) is 3.56. The second-order valence-corrected chi connectivity index (χ2v) is 9.28. The molecule has 0 aliphatic carbocycles. The number of methoxy groups -OCH3 is 1. The molecule has 1 fully saturated rings. The molecule has 11 heteroatoms. The van der Waals surface area contributed by atoms with E-state index in [-0.39, 0.29) is 17.6 Å². The topological polar surface area (TPSA) is 96.3 Å². The number of aryl methyl sites for hydroxylation is 1. The van der Waals surface area contributed by atoms with Crippen molar-refractivity contribution < 1.29 is 27.8 Å². The molecule has 4 aromatic rings. The second-order valence-electron chi connectivity index (χ2n) is 9.28. The van der Waals surface area contributed by atoms with Crippen molar-refractivity contribution in [1.29, 1.82) is 0 Å². The van der Waals surface area contributed by atoms with Gasteiger partial charge in [-0.3, -0.25) is 4.90 Å². The van der Waals surface area contributed by atoms with Gasteiger partial charge in [-0.25, -0.2) is 14.5 Å². The van der Waals surface area contributed by atoms with Crippen LogP contribution in [0.15, 0.2) is 48.9 Å². The molecule has 8 nitrogen and oxygen atoms in total. The maximum absolute atomic E-state index is 13.1. The van der Waals surface area contributed by atoms with Crippen molar-refractivity contribution >= 4 is 16.9 Å². The number of H-pyrrole nitrogens is 1. The molecule has 0 spiro atoms.